The summed E-state index contributed by atoms with van der Waals surface area (Å²) >= 11 is 0. The molecule has 0 aliphatic rings. The molecule has 1 heterocycles. The van der Waals surface area contributed by atoms with E-state index in [1.807, 2.05) is 32.0 Å². The summed E-state index contributed by atoms with van der Waals surface area (Å²) in [5.41, 5.74) is 1.92. The van der Waals surface area contributed by atoms with Gasteiger partial charge in [0.05, 0.1) is 10.8 Å². The Bertz CT molecular complexity index is 1030. The maximum absolute atomic E-state index is 12.4. The predicted octanol–water partition coefficient (Wildman–Crippen LogP) is 1.95. The molecule has 24 heavy (non-hydrogen) atoms. The van der Waals surface area contributed by atoms with E-state index in [0.717, 1.165) is 15.8 Å². The average molecular weight is 323 g/mol. The highest BCUT2D eigenvalue weighted by Crippen LogP contribution is 2.13. The molecule has 3 rings (SSSR count). The second-order valence-corrected chi connectivity index (χ2v) is 5.80. The molecule has 0 aliphatic carbocycles. The summed E-state index contributed by atoms with van der Waals surface area (Å²) in [6.45, 7) is 3.62. The van der Waals surface area contributed by atoms with Gasteiger partial charge in [0.1, 0.15) is 6.54 Å². The number of nitrogens with zero attached hydrogens (tertiary/aromatic N) is 1. The number of hydrogen-bond acceptors (Lipinski definition) is 3. The molecule has 2 N–H and O–H groups in total. The minimum atomic E-state index is -0.402. The lowest BCUT2D eigenvalue weighted by Crippen LogP contribution is -2.34. The largest absolute Gasteiger partial charge is 0.324 e. The Labute approximate surface area is 137 Å². The van der Waals surface area contributed by atoms with Crippen molar-refractivity contribution >= 4 is 22.4 Å². The fourth-order valence-electron chi connectivity index (χ4n) is 2.75. The van der Waals surface area contributed by atoms with Gasteiger partial charge in [-0.1, -0.05) is 18.2 Å². The van der Waals surface area contributed by atoms with Crippen molar-refractivity contribution in [3.8, 4) is 0 Å². The van der Waals surface area contributed by atoms with Crippen molar-refractivity contribution in [2.45, 2.75) is 20.4 Å². The first-order valence-electron chi connectivity index (χ1n) is 7.54. The number of carbonyl (C=O) groups is 1. The van der Waals surface area contributed by atoms with Gasteiger partial charge in [0.15, 0.2) is 0 Å². The molecule has 0 unspecified atom stereocenters. The van der Waals surface area contributed by atoms with Gasteiger partial charge in [-0.15, -0.1) is 0 Å². The number of aromatic amines is 1. The van der Waals surface area contributed by atoms with Crippen molar-refractivity contribution in [1.29, 1.82) is 0 Å². The van der Waals surface area contributed by atoms with Gasteiger partial charge >= 0.3 is 0 Å². The van der Waals surface area contributed by atoms with E-state index in [9.17, 15) is 14.4 Å². The van der Waals surface area contributed by atoms with Gasteiger partial charge in [-0.3, -0.25) is 19.5 Å². The fraction of sp³-hybridized carbons (Fsp3) is 0.167. The Morgan fingerprint density at radius 3 is 2.33 bits per heavy atom. The van der Waals surface area contributed by atoms with Crippen molar-refractivity contribution in [2.24, 2.45) is 0 Å². The molecular weight excluding hydrogens is 306 g/mol. The lowest BCUT2D eigenvalue weighted by atomic mass is 10.1. The number of hydrogen-bond donors (Lipinski definition) is 2. The smallest absolute Gasteiger partial charge is 0.273 e. The summed E-state index contributed by atoms with van der Waals surface area (Å²) in [7, 11) is 0. The van der Waals surface area contributed by atoms with Crippen LogP contribution in [0.25, 0.3) is 10.8 Å². The minimum Gasteiger partial charge on any atom is -0.324 e. The number of H-pyrrole nitrogens is 1. The summed E-state index contributed by atoms with van der Waals surface area (Å²) in [6, 6.07) is 12.2. The zero-order valence-corrected chi connectivity index (χ0v) is 13.4. The Hall–Kier alpha value is -3.15. The average Bonchev–Trinajstić information content (AvgIpc) is 2.51. The monoisotopic (exact) mass is 323 g/mol. The molecule has 3 aromatic rings. The van der Waals surface area contributed by atoms with Crippen LogP contribution in [0.5, 0.6) is 0 Å². The van der Waals surface area contributed by atoms with E-state index < -0.39 is 11.1 Å². The SMILES string of the molecule is Cc1cc(C)cc(NC(=O)Cn2[nH]c(=O)c3ccccc3c2=O)c1. The fourth-order valence-corrected chi connectivity index (χ4v) is 2.75. The molecular formula is C18H17N3O3. The number of amides is 1. The Kier molecular flexibility index (Phi) is 4.04. The van der Waals surface area contributed by atoms with Gasteiger partial charge in [0, 0.05) is 5.69 Å². The third-order valence-electron chi connectivity index (χ3n) is 3.69. The molecule has 0 bridgehead atoms. The first-order chi connectivity index (χ1) is 11.4. The van der Waals surface area contributed by atoms with Crippen LogP contribution in [-0.4, -0.2) is 15.7 Å². The van der Waals surface area contributed by atoms with Gasteiger partial charge in [-0.2, -0.15) is 0 Å². The van der Waals surface area contributed by atoms with Crippen LogP contribution in [0.2, 0.25) is 0 Å². The highest BCUT2D eigenvalue weighted by Gasteiger charge is 2.10. The highest BCUT2D eigenvalue weighted by atomic mass is 16.2. The van der Waals surface area contributed by atoms with Gasteiger partial charge in [-0.05, 0) is 49.2 Å². The molecule has 6 nitrogen and oxygen atoms in total. The lowest BCUT2D eigenvalue weighted by Gasteiger charge is -2.09. The van der Waals surface area contributed by atoms with Crippen LogP contribution in [0.4, 0.5) is 5.69 Å². The molecule has 122 valence electrons. The summed E-state index contributed by atoms with van der Waals surface area (Å²) in [5, 5.41) is 5.80. The maximum Gasteiger partial charge on any atom is 0.273 e. The first-order valence-corrected chi connectivity index (χ1v) is 7.54. The number of carbonyl (C=O) groups excluding carboxylic acids is 1. The molecule has 0 saturated carbocycles. The molecule has 0 fully saturated rings. The van der Waals surface area contributed by atoms with E-state index >= 15 is 0 Å². The summed E-state index contributed by atoms with van der Waals surface area (Å²) in [6.07, 6.45) is 0. The number of nitrogens with one attached hydrogen (secondary N) is 2. The zero-order valence-electron chi connectivity index (χ0n) is 13.4. The molecule has 0 saturated heterocycles. The Morgan fingerprint density at radius 2 is 1.67 bits per heavy atom. The van der Waals surface area contributed by atoms with Crippen molar-refractivity contribution in [3.63, 3.8) is 0 Å². The van der Waals surface area contributed by atoms with Crippen molar-refractivity contribution < 1.29 is 4.79 Å². The summed E-state index contributed by atoms with van der Waals surface area (Å²) in [4.78, 5) is 36.6. The van der Waals surface area contributed by atoms with E-state index in [4.69, 9.17) is 0 Å². The van der Waals surface area contributed by atoms with E-state index in [0.29, 0.717) is 16.5 Å². The van der Waals surface area contributed by atoms with Gasteiger partial charge in [-0.25, -0.2) is 4.68 Å². The van der Waals surface area contributed by atoms with Crippen LogP contribution in [0, 0.1) is 13.8 Å². The third kappa shape index (κ3) is 3.12. The van der Waals surface area contributed by atoms with Crippen LogP contribution in [-0.2, 0) is 11.3 Å². The second-order valence-electron chi connectivity index (χ2n) is 5.80. The number of aromatic nitrogens is 2. The molecule has 0 radical (unpaired) electrons. The van der Waals surface area contributed by atoms with Crippen molar-refractivity contribution in [2.75, 3.05) is 5.32 Å². The van der Waals surface area contributed by atoms with Crippen molar-refractivity contribution in [1.82, 2.24) is 9.78 Å². The van der Waals surface area contributed by atoms with Crippen LogP contribution in [0.3, 0.4) is 0 Å². The minimum absolute atomic E-state index is 0.258. The maximum atomic E-state index is 12.4. The van der Waals surface area contributed by atoms with Crippen LogP contribution < -0.4 is 16.4 Å². The summed E-state index contributed by atoms with van der Waals surface area (Å²) in [5.74, 6) is -0.381. The van der Waals surface area contributed by atoms with E-state index in [2.05, 4.69) is 10.4 Å². The number of fused-ring (bicyclic) bond motifs is 1. The van der Waals surface area contributed by atoms with E-state index in [-0.39, 0.29) is 12.5 Å². The number of rotatable bonds is 3. The van der Waals surface area contributed by atoms with E-state index in [1.165, 1.54) is 0 Å². The zero-order chi connectivity index (χ0) is 17.3. The quantitative estimate of drug-likeness (QED) is 0.772. The first kappa shape index (κ1) is 15.7. The third-order valence-corrected chi connectivity index (χ3v) is 3.69. The topological polar surface area (TPSA) is 84.0 Å². The van der Waals surface area contributed by atoms with Crippen molar-refractivity contribution in [3.05, 3.63) is 74.3 Å². The number of benzene rings is 2. The molecule has 6 heteroatoms. The highest BCUT2D eigenvalue weighted by molar-refractivity contribution is 5.91. The molecule has 0 spiro atoms. The Morgan fingerprint density at radius 1 is 1.04 bits per heavy atom. The van der Waals surface area contributed by atoms with Crippen LogP contribution in [0.15, 0.2) is 52.1 Å². The molecule has 0 aliphatic heterocycles. The molecule has 1 amide bonds. The van der Waals surface area contributed by atoms with E-state index in [1.54, 1.807) is 24.3 Å². The summed E-state index contributed by atoms with van der Waals surface area (Å²) < 4.78 is 1.03. The molecule has 2 aromatic carbocycles. The van der Waals surface area contributed by atoms with Crippen LogP contribution >= 0.6 is 0 Å². The lowest BCUT2D eigenvalue weighted by molar-refractivity contribution is -0.117. The van der Waals surface area contributed by atoms with Gasteiger partial charge in [0.25, 0.3) is 11.1 Å². The normalized spacial score (nSPS) is 10.8. The standard InChI is InChI=1S/C18H17N3O3/c1-11-7-12(2)9-13(8-11)19-16(22)10-21-18(24)15-6-4-3-5-14(15)17(23)20-21/h3-9H,10H2,1-2H3,(H,19,22)(H,20,23). The van der Waals surface area contributed by atoms with Crippen LogP contribution in [0.1, 0.15) is 11.1 Å². The predicted molar refractivity (Wildman–Crippen MR) is 93.4 cm³/mol. The molecule has 1 aromatic heterocycles. The van der Waals surface area contributed by atoms with Gasteiger partial charge in [0.2, 0.25) is 5.91 Å². The number of anilines is 1. The second kappa shape index (κ2) is 6.16. The number of aryl methyl sites for hydroxylation is 2. The van der Waals surface area contributed by atoms with Gasteiger partial charge < -0.3 is 5.32 Å². The Balaban J connectivity index is 1.89. The molecule has 0 atom stereocenters.